The highest BCUT2D eigenvalue weighted by molar-refractivity contribution is 5.37. The Morgan fingerprint density at radius 3 is 2.47 bits per heavy atom. The average Bonchev–Trinajstić information content (AvgIpc) is 2.22. The third kappa shape index (κ3) is 2.89. The molecule has 0 bridgehead atoms. The molecule has 0 saturated carbocycles. The molecule has 0 atom stereocenters. The van der Waals surface area contributed by atoms with Gasteiger partial charge in [0.2, 0.25) is 0 Å². The van der Waals surface area contributed by atoms with Gasteiger partial charge in [0.15, 0.2) is 17.4 Å². The van der Waals surface area contributed by atoms with Gasteiger partial charge in [-0.05, 0) is 19.2 Å². The molecule has 1 rings (SSSR count). The normalized spacial score (nSPS) is 9.73. The van der Waals surface area contributed by atoms with Crippen LogP contribution in [-0.4, -0.2) is 20.2 Å². The number of benzene rings is 1. The van der Waals surface area contributed by atoms with E-state index >= 15 is 0 Å². The fourth-order valence-electron chi connectivity index (χ4n) is 1.02. The number of nitrogens with one attached hydrogen (secondary N) is 1. The summed E-state index contributed by atoms with van der Waals surface area (Å²) in [5.41, 5.74) is -0.0639. The summed E-state index contributed by atoms with van der Waals surface area (Å²) in [7, 11) is 1.70. The molecule has 0 spiro atoms. The second-order valence-electron chi connectivity index (χ2n) is 2.83. The van der Waals surface area contributed by atoms with Crippen LogP contribution < -0.4 is 10.1 Å². The highest BCUT2D eigenvalue weighted by Crippen LogP contribution is 2.22. The summed E-state index contributed by atoms with van der Waals surface area (Å²) in [6.07, 6.45) is 0. The van der Waals surface area contributed by atoms with E-state index in [-0.39, 0.29) is 12.2 Å². The summed E-state index contributed by atoms with van der Waals surface area (Å²) in [6.45, 7) is 0.648. The lowest BCUT2D eigenvalue weighted by molar-refractivity contribution is 0.286. The first-order valence-corrected chi connectivity index (χ1v) is 4.35. The molecule has 0 aliphatic carbocycles. The Kier molecular flexibility index (Phi) is 4.01. The Hall–Kier alpha value is -1.67. The van der Waals surface area contributed by atoms with Crippen LogP contribution in [0.15, 0.2) is 12.1 Å². The van der Waals surface area contributed by atoms with Crippen molar-refractivity contribution in [1.82, 2.24) is 5.32 Å². The number of hydrogen-bond donors (Lipinski definition) is 1. The lowest BCUT2D eigenvalue weighted by Crippen LogP contribution is -2.16. The Balaban J connectivity index is 2.85. The first kappa shape index (κ1) is 11.4. The Morgan fingerprint density at radius 2 is 2.00 bits per heavy atom. The fraction of sp³-hybridized carbons (Fsp3) is 0.300. The zero-order valence-electron chi connectivity index (χ0n) is 8.18. The van der Waals surface area contributed by atoms with E-state index in [1.807, 2.05) is 0 Å². The Labute approximate surface area is 86.3 Å². The molecule has 0 fully saturated rings. The second kappa shape index (κ2) is 5.27. The van der Waals surface area contributed by atoms with Crippen molar-refractivity contribution in [2.24, 2.45) is 0 Å². The molecule has 0 radical (unpaired) electrons. The molecule has 0 amide bonds. The van der Waals surface area contributed by atoms with Crippen LogP contribution >= 0.6 is 0 Å². The van der Waals surface area contributed by atoms with E-state index in [1.165, 1.54) is 0 Å². The fourth-order valence-corrected chi connectivity index (χ4v) is 1.02. The summed E-state index contributed by atoms with van der Waals surface area (Å²) in [5.74, 6) is -2.16. The average molecular weight is 212 g/mol. The summed E-state index contributed by atoms with van der Waals surface area (Å²) in [6, 6.07) is 3.54. The van der Waals surface area contributed by atoms with Gasteiger partial charge in [0.05, 0.1) is 11.6 Å². The topological polar surface area (TPSA) is 45.0 Å². The molecule has 15 heavy (non-hydrogen) atoms. The molecule has 80 valence electrons. The van der Waals surface area contributed by atoms with Crippen LogP contribution in [-0.2, 0) is 0 Å². The van der Waals surface area contributed by atoms with Crippen molar-refractivity contribution in [3.63, 3.8) is 0 Å². The van der Waals surface area contributed by atoms with Gasteiger partial charge in [-0.2, -0.15) is 5.26 Å². The second-order valence-corrected chi connectivity index (χ2v) is 2.83. The van der Waals surface area contributed by atoms with Gasteiger partial charge in [-0.3, -0.25) is 0 Å². The first-order chi connectivity index (χ1) is 7.19. The van der Waals surface area contributed by atoms with Crippen molar-refractivity contribution in [2.75, 3.05) is 20.2 Å². The minimum absolute atomic E-state index is 0.0639. The largest absolute Gasteiger partial charge is 0.486 e. The summed E-state index contributed by atoms with van der Waals surface area (Å²) < 4.78 is 31.3. The number of nitrogens with zero attached hydrogens (tertiary/aromatic N) is 1. The Bertz CT molecular complexity index is 364. The van der Waals surface area contributed by atoms with E-state index in [2.05, 4.69) is 5.32 Å². The molecular formula is C10H10F2N2O. The van der Waals surface area contributed by atoms with Crippen LogP contribution in [0.1, 0.15) is 5.56 Å². The van der Waals surface area contributed by atoms with Gasteiger partial charge < -0.3 is 10.1 Å². The molecule has 3 nitrogen and oxygen atoms in total. The van der Waals surface area contributed by atoms with Crippen molar-refractivity contribution in [3.05, 3.63) is 29.3 Å². The predicted molar refractivity (Wildman–Crippen MR) is 50.5 cm³/mol. The van der Waals surface area contributed by atoms with Gasteiger partial charge >= 0.3 is 0 Å². The van der Waals surface area contributed by atoms with Crippen LogP contribution in [0.4, 0.5) is 8.78 Å². The number of ether oxygens (including phenoxy) is 1. The maximum Gasteiger partial charge on any atom is 0.190 e. The van der Waals surface area contributed by atoms with Gasteiger partial charge in [-0.15, -0.1) is 0 Å². The Morgan fingerprint density at radius 1 is 1.40 bits per heavy atom. The third-order valence-electron chi connectivity index (χ3n) is 1.73. The van der Waals surface area contributed by atoms with Crippen molar-refractivity contribution in [2.45, 2.75) is 0 Å². The minimum Gasteiger partial charge on any atom is -0.486 e. The van der Waals surface area contributed by atoms with Gasteiger partial charge in [-0.25, -0.2) is 8.78 Å². The molecule has 0 heterocycles. The number of rotatable bonds is 4. The van der Waals surface area contributed by atoms with E-state index < -0.39 is 17.4 Å². The maximum atomic E-state index is 13.2. The maximum absolute atomic E-state index is 13.2. The molecule has 0 aliphatic rings. The van der Waals surface area contributed by atoms with Gasteiger partial charge in [0.25, 0.3) is 0 Å². The van der Waals surface area contributed by atoms with E-state index in [0.29, 0.717) is 6.54 Å². The quantitative estimate of drug-likeness (QED) is 0.768. The smallest absolute Gasteiger partial charge is 0.190 e. The van der Waals surface area contributed by atoms with Crippen molar-refractivity contribution in [1.29, 1.82) is 5.26 Å². The summed E-state index contributed by atoms with van der Waals surface area (Å²) in [5, 5.41) is 11.2. The monoisotopic (exact) mass is 212 g/mol. The summed E-state index contributed by atoms with van der Waals surface area (Å²) in [4.78, 5) is 0. The zero-order chi connectivity index (χ0) is 11.3. The van der Waals surface area contributed by atoms with Crippen LogP contribution in [0.25, 0.3) is 0 Å². The SMILES string of the molecule is CNCCOc1c(F)cc(C#N)cc1F. The number of hydrogen-bond acceptors (Lipinski definition) is 3. The van der Waals surface area contributed by atoms with Crippen LogP contribution in [0.3, 0.4) is 0 Å². The molecule has 5 heteroatoms. The molecule has 0 aromatic heterocycles. The van der Waals surface area contributed by atoms with Crippen molar-refractivity contribution < 1.29 is 13.5 Å². The number of likely N-dealkylation sites (N-methyl/N-ethyl adjacent to an activating group) is 1. The van der Waals surface area contributed by atoms with E-state index in [1.54, 1.807) is 13.1 Å². The third-order valence-corrected chi connectivity index (χ3v) is 1.73. The van der Waals surface area contributed by atoms with E-state index in [0.717, 1.165) is 12.1 Å². The van der Waals surface area contributed by atoms with Gasteiger partial charge in [-0.1, -0.05) is 0 Å². The molecule has 0 unspecified atom stereocenters. The molecule has 1 aromatic carbocycles. The standard InChI is InChI=1S/C10H10F2N2O/c1-14-2-3-15-10-8(11)4-7(6-13)5-9(10)12/h4-5,14H,2-3H2,1H3. The number of halogens is 2. The van der Waals surface area contributed by atoms with Crippen molar-refractivity contribution >= 4 is 0 Å². The van der Waals surface area contributed by atoms with E-state index in [4.69, 9.17) is 10.00 Å². The highest BCUT2D eigenvalue weighted by atomic mass is 19.1. The molecular weight excluding hydrogens is 202 g/mol. The highest BCUT2D eigenvalue weighted by Gasteiger charge is 2.12. The van der Waals surface area contributed by atoms with E-state index in [9.17, 15) is 8.78 Å². The molecule has 0 aliphatic heterocycles. The summed E-state index contributed by atoms with van der Waals surface area (Å²) >= 11 is 0. The first-order valence-electron chi connectivity index (χ1n) is 4.35. The lowest BCUT2D eigenvalue weighted by atomic mass is 10.2. The number of nitriles is 1. The van der Waals surface area contributed by atoms with Gasteiger partial charge in [0.1, 0.15) is 6.61 Å². The minimum atomic E-state index is -0.859. The van der Waals surface area contributed by atoms with Crippen LogP contribution in [0, 0.1) is 23.0 Å². The molecule has 1 N–H and O–H groups in total. The predicted octanol–water partition coefficient (Wildman–Crippen LogP) is 1.43. The molecule has 0 saturated heterocycles. The molecule has 1 aromatic rings. The van der Waals surface area contributed by atoms with Gasteiger partial charge in [0, 0.05) is 6.54 Å². The lowest BCUT2D eigenvalue weighted by Gasteiger charge is -2.07. The van der Waals surface area contributed by atoms with Crippen LogP contribution in [0.2, 0.25) is 0 Å². The zero-order valence-corrected chi connectivity index (χ0v) is 8.18. The van der Waals surface area contributed by atoms with Crippen LogP contribution in [0.5, 0.6) is 5.75 Å². The van der Waals surface area contributed by atoms with Crippen molar-refractivity contribution in [3.8, 4) is 11.8 Å².